The van der Waals surface area contributed by atoms with Crippen LogP contribution in [-0.4, -0.2) is 47.4 Å². The van der Waals surface area contributed by atoms with Gasteiger partial charge in [0.1, 0.15) is 6.04 Å². The number of carbonyl (C=O) groups excluding carboxylic acids is 2. The van der Waals surface area contributed by atoms with Crippen molar-refractivity contribution in [2.75, 3.05) is 19.6 Å². The van der Waals surface area contributed by atoms with Crippen LogP contribution in [0.15, 0.2) is 30.8 Å². The van der Waals surface area contributed by atoms with Crippen molar-refractivity contribution in [1.29, 1.82) is 0 Å². The number of hydrogen-bond donors (Lipinski definition) is 1. The molecule has 5 heteroatoms. The Bertz CT molecular complexity index is 778. The third-order valence-corrected chi connectivity index (χ3v) is 6.39. The highest BCUT2D eigenvalue weighted by atomic mass is 16.2. The number of carbonyl (C=O) groups is 2. The maximum atomic E-state index is 13.1. The number of urea groups is 1. The quantitative estimate of drug-likeness (QED) is 0.819. The van der Waals surface area contributed by atoms with Crippen molar-refractivity contribution in [2.45, 2.75) is 65.0 Å². The minimum absolute atomic E-state index is 0.117. The van der Waals surface area contributed by atoms with Crippen LogP contribution in [0.1, 0.15) is 64.5 Å². The molecule has 0 aromatic heterocycles. The summed E-state index contributed by atoms with van der Waals surface area (Å²) in [5, 5.41) is 3.16. The second-order valence-electron chi connectivity index (χ2n) is 9.28. The van der Waals surface area contributed by atoms with E-state index < -0.39 is 5.54 Å². The normalized spacial score (nSPS) is 20.6. The van der Waals surface area contributed by atoms with Gasteiger partial charge in [-0.1, -0.05) is 37.3 Å². The Morgan fingerprint density at radius 2 is 1.83 bits per heavy atom. The van der Waals surface area contributed by atoms with E-state index in [1.165, 1.54) is 0 Å². The Labute approximate surface area is 175 Å². The Hall–Kier alpha value is -2.30. The topological polar surface area (TPSA) is 52.7 Å². The molecule has 0 radical (unpaired) electrons. The van der Waals surface area contributed by atoms with Gasteiger partial charge in [0.2, 0.25) is 5.91 Å². The summed E-state index contributed by atoms with van der Waals surface area (Å²) in [6.45, 7) is 14.5. The molecule has 2 aliphatic rings. The smallest absolute Gasteiger partial charge is 0.318 e. The highest BCUT2D eigenvalue weighted by molar-refractivity contribution is 5.88. The minimum atomic E-state index is -0.542. The van der Waals surface area contributed by atoms with Crippen LogP contribution in [-0.2, 0) is 10.3 Å². The monoisotopic (exact) mass is 397 g/mol. The van der Waals surface area contributed by atoms with Gasteiger partial charge < -0.3 is 15.1 Å². The lowest BCUT2D eigenvalue weighted by molar-refractivity contribution is -0.136. The molecule has 1 N–H and O–H groups in total. The molecule has 2 saturated heterocycles. The van der Waals surface area contributed by atoms with E-state index in [2.05, 4.69) is 24.9 Å². The molecular weight excluding hydrogens is 362 g/mol. The Morgan fingerprint density at radius 1 is 1.14 bits per heavy atom. The van der Waals surface area contributed by atoms with Crippen LogP contribution in [0, 0.1) is 5.92 Å². The largest absolute Gasteiger partial charge is 0.341 e. The third-order valence-electron chi connectivity index (χ3n) is 6.39. The van der Waals surface area contributed by atoms with Gasteiger partial charge >= 0.3 is 6.03 Å². The van der Waals surface area contributed by atoms with Crippen molar-refractivity contribution in [3.63, 3.8) is 0 Å². The number of likely N-dealkylation sites (tertiary alicyclic amines) is 2. The molecule has 2 fully saturated rings. The van der Waals surface area contributed by atoms with Gasteiger partial charge in [-0.2, -0.15) is 0 Å². The van der Waals surface area contributed by atoms with Crippen molar-refractivity contribution < 1.29 is 9.59 Å². The van der Waals surface area contributed by atoms with E-state index in [9.17, 15) is 9.59 Å². The van der Waals surface area contributed by atoms with E-state index in [-0.39, 0.29) is 18.0 Å². The third kappa shape index (κ3) is 4.82. The molecule has 2 aliphatic heterocycles. The molecule has 158 valence electrons. The van der Waals surface area contributed by atoms with Gasteiger partial charge in [0, 0.05) is 19.6 Å². The molecule has 3 amide bonds. The molecule has 1 aromatic rings. The van der Waals surface area contributed by atoms with Crippen LogP contribution >= 0.6 is 0 Å². The first-order valence-corrected chi connectivity index (χ1v) is 10.8. The van der Waals surface area contributed by atoms with Crippen molar-refractivity contribution in [1.82, 2.24) is 15.1 Å². The van der Waals surface area contributed by atoms with Crippen LogP contribution in [0.5, 0.6) is 0 Å². The number of piperidine rings is 1. The summed E-state index contributed by atoms with van der Waals surface area (Å²) < 4.78 is 0. The van der Waals surface area contributed by atoms with Crippen molar-refractivity contribution >= 4 is 17.5 Å². The fraction of sp³-hybridized carbons (Fsp3) is 0.583. The molecule has 0 saturated carbocycles. The molecule has 2 heterocycles. The van der Waals surface area contributed by atoms with Gasteiger partial charge in [0.05, 0.1) is 5.54 Å². The number of rotatable bonds is 4. The van der Waals surface area contributed by atoms with E-state index in [0.717, 1.165) is 55.5 Å². The minimum Gasteiger partial charge on any atom is -0.341 e. The number of allylic oxidation sites excluding steroid dienone is 1. The van der Waals surface area contributed by atoms with E-state index in [1.807, 2.05) is 43.9 Å². The average Bonchev–Trinajstić information content (AvgIpc) is 3.18. The van der Waals surface area contributed by atoms with Gasteiger partial charge in [-0.3, -0.25) is 4.79 Å². The van der Waals surface area contributed by atoms with Gasteiger partial charge in [-0.25, -0.2) is 4.79 Å². The molecule has 0 bridgehead atoms. The highest BCUT2D eigenvalue weighted by Gasteiger charge is 2.38. The fourth-order valence-electron chi connectivity index (χ4n) is 4.29. The zero-order valence-electron chi connectivity index (χ0n) is 18.3. The molecule has 1 aromatic carbocycles. The SMILES string of the molecule is C=C(C)c1cccc(C(C)(C)NC(=O)N2CCC[C@@H]2C(=O)N2CCC(C)CC2)c1. The first-order chi connectivity index (χ1) is 13.7. The number of hydrogen-bond acceptors (Lipinski definition) is 2. The summed E-state index contributed by atoms with van der Waals surface area (Å²) in [5.74, 6) is 0.796. The zero-order chi connectivity index (χ0) is 21.2. The molecule has 0 unspecified atom stereocenters. The summed E-state index contributed by atoms with van der Waals surface area (Å²) in [4.78, 5) is 29.9. The van der Waals surface area contributed by atoms with Crippen molar-refractivity contribution in [3.05, 3.63) is 42.0 Å². The Kier molecular flexibility index (Phi) is 6.35. The molecule has 3 rings (SSSR count). The molecule has 0 aliphatic carbocycles. The number of nitrogens with zero attached hydrogens (tertiary/aromatic N) is 2. The number of nitrogens with one attached hydrogen (secondary N) is 1. The van der Waals surface area contributed by atoms with Crippen LogP contribution in [0.3, 0.4) is 0 Å². The summed E-state index contributed by atoms with van der Waals surface area (Å²) >= 11 is 0. The molecule has 0 spiro atoms. The van der Waals surface area contributed by atoms with Crippen molar-refractivity contribution in [3.8, 4) is 0 Å². The molecule has 5 nitrogen and oxygen atoms in total. The second kappa shape index (κ2) is 8.60. The van der Waals surface area contributed by atoms with E-state index in [4.69, 9.17) is 0 Å². The van der Waals surface area contributed by atoms with Crippen LogP contribution in [0.2, 0.25) is 0 Å². The van der Waals surface area contributed by atoms with E-state index in [1.54, 1.807) is 4.90 Å². The lowest BCUT2D eigenvalue weighted by Gasteiger charge is -2.36. The van der Waals surface area contributed by atoms with Gasteiger partial charge in [0.25, 0.3) is 0 Å². The molecular formula is C24H35N3O2. The Morgan fingerprint density at radius 3 is 2.48 bits per heavy atom. The fourth-order valence-corrected chi connectivity index (χ4v) is 4.29. The molecule has 1 atom stereocenters. The van der Waals surface area contributed by atoms with Crippen LogP contribution in [0.25, 0.3) is 5.57 Å². The highest BCUT2D eigenvalue weighted by Crippen LogP contribution is 2.27. The van der Waals surface area contributed by atoms with Gasteiger partial charge in [-0.15, -0.1) is 0 Å². The first kappa shape index (κ1) is 21.4. The average molecular weight is 398 g/mol. The first-order valence-electron chi connectivity index (χ1n) is 10.8. The Balaban J connectivity index is 1.69. The summed E-state index contributed by atoms with van der Waals surface area (Å²) in [5.41, 5.74) is 2.55. The van der Waals surface area contributed by atoms with E-state index >= 15 is 0 Å². The van der Waals surface area contributed by atoms with Crippen molar-refractivity contribution in [2.24, 2.45) is 5.92 Å². The maximum absolute atomic E-state index is 13.1. The summed E-state index contributed by atoms with van der Waals surface area (Å²) in [6.07, 6.45) is 3.73. The zero-order valence-corrected chi connectivity index (χ0v) is 18.3. The summed E-state index contributed by atoms with van der Waals surface area (Å²) in [7, 11) is 0. The number of amides is 3. The lowest BCUT2D eigenvalue weighted by atomic mass is 9.92. The van der Waals surface area contributed by atoms with Crippen LogP contribution in [0.4, 0.5) is 4.79 Å². The standard InChI is InChI=1S/C24H35N3O2/c1-17(2)19-8-6-9-20(16-19)24(4,5)25-23(29)27-13-7-10-21(27)22(28)26-14-11-18(3)12-15-26/h6,8-9,16,18,21H,1,7,10-15H2,2-5H3,(H,25,29)/t21-/m1/s1. The molecule has 29 heavy (non-hydrogen) atoms. The lowest BCUT2D eigenvalue weighted by Crippen LogP contribution is -2.54. The summed E-state index contributed by atoms with van der Waals surface area (Å²) in [6, 6.07) is 7.63. The maximum Gasteiger partial charge on any atom is 0.318 e. The van der Waals surface area contributed by atoms with Gasteiger partial charge in [-0.05, 0) is 69.6 Å². The number of benzene rings is 1. The van der Waals surface area contributed by atoms with Gasteiger partial charge in [0.15, 0.2) is 0 Å². The second-order valence-corrected chi connectivity index (χ2v) is 9.28. The van der Waals surface area contributed by atoms with E-state index in [0.29, 0.717) is 12.5 Å². The predicted molar refractivity (Wildman–Crippen MR) is 117 cm³/mol. The van der Waals surface area contributed by atoms with Crippen LogP contribution < -0.4 is 5.32 Å². The predicted octanol–water partition coefficient (Wildman–Crippen LogP) is 4.39.